The van der Waals surface area contributed by atoms with Crippen LogP contribution in [0.2, 0.25) is 0 Å². The van der Waals surface area contributed by atoms with E-state index in [9.17, 15) is 4.79 Å². The van der Waals surface area contributed by atoms with Gasteiger partial charge in [0.1, 0.15) is 0 Å². The summed E-state index contributed by atoms with van der Waals surface area (Å²) in [5.41, 5.74) is 1.42. The molecule has 1 aromatic carbocycles. The van der Waals surface area contributed by atoms with Gasteiger partial charge in [0.05, 0.1) is 21.3 Å². The van der Waals surface area contributed by atoms with Crippen LogP contribution < -0.4 is 19.5 Å². The van der Waals surface area contributed by atoms with E-state index in [1.807, 2.05) is 16.8 Å². The van der Waals surface area contributed by atoms with Gasteiger partial charge in [0.25, 0.3) is 0 Å². The maximum absolute atomic E-state index is 12.3. The lowest BCUT2D eigenvalue weighted by Crippen LogP contribution is -2.12. The van der Waals surface area contributed by atoms with Crippen LogP contribution in [0.1, 0.15) is 12.3 Å². The van der Waals surface area contributed by atoms with Gasteiger partial charge in [-0.15, -0.1) is 10.2 Å². The maximum Gasteiger partial charge on any atom is 0.248 e. The second-order valence-corrected chi connectivity index (χ2v) is 6.26. The third-order valence-corrected chi connectivity index (χ3v) is 4.43. The predicted octanol–water partition coefficient (Wildman–Crippen LogP) is 3.40. The lowest BCUT2D eigenvalue weighted by atomic mass is 10.2. The Morgan fingerprint density at radius 1 is 1.15 bits per heavy atom. The van der Waals surface area contributed by atoms with Crippen molar-refractivity contribution in [2.75, 3.05) is 26.6 Å². The first-order valence-corrected chi connectivity index (χ1v) is 9.03. The average Bonchev–Trinajstić information content (AvgIpc) is 3.37. The van der Waals surface area contributed by atoms with Gasteiger partial charge in [0.15, 0.2) is 11.5 Å². The van der Waals surface area contributed by atoms with Crippen molar-refractivity contribution in [2.45, 2.75) is 12.8 Å². The number of methoxy groups -OCH3 is 3. The predicted molar refractivity (Wildman–Crippen MR) is 101 cm³/mol. The highest BCUT2D eigenvalue weighted by atomic mass is 32.1. The molecule has 0 bridgehead atoms. The van der Waals surface area contributed by atoms with Crippen LogP contribution in [0.15, 0.2) is 33.4 Å². The number of ether oxygens (including phenoxy) is 3. The van der Waals surface area contributed by atoms with Crippen molar-refractivity contribution >= 4 is 22.9 Å². The zero-order valence-electron chi connectivity index (χ0n) is 15.1. The van der Waals surface area contributed by atoms with Crippen LogP contribution in [0.5, 0.6) is 17.2 Å². The van der Waals surface area contributed by atoms with E-state index in [4.69, 9.17) is 18.6 Å². The van der Waals surface area contributed by atoms with E-state index in [0.29, 0.717) is 41.1 Å². The number of carbonyl (C=O) groups excluding carboxylic acids is 1. The van der Waals surface area contributed by atoms with Crippen molar-refractivity contribution in [1.82, 2.24) is 10.2 Å². The number of hydrogen-bond donors (Lipinski definition) is 1. The number of anilines is 1. The molecule has 3 rings (SSSR count). The third kappa shape index (κ3) is 4.37. The first-order valence-electron chi connectivity index (χ1n) is 8.09. The van der Waals surface area contributed by atoms with E-state index in [0.717, 1.165) is 5.56 Å². The average molecular weight is 389 g/mol. The van der Waals surface area contributed by atoms with Crippen molar-refractivity contribution in [3.63, 3.8) is 0 Å². The van der Waals surface area contributed by atoms with E-state index < -0.39 is 0 Å². The Bertz CT molecular complexity index is 883. The first-order chi connectivity index (χ1) is 13.1. The van der Waals surface area contributed by atoms with E-state index in [1.54, 1.807) is 23.5 Å². The van der Waals surface area contributed by atoms with Crippen LogP contribution in [0.3, 0.4) is 0 Å². The summed E-state index contributed by atoms with van der Waals surface area (Å²) in [6, 6.07) is 5.24. The molecule has 3 aromatic rings. The second kappa shape index (κ2) is 8.54. The van der Waals surface area contributed by atoms with Crippen LogP contribution in [0.4, 0.5) is 5.69 Å². The number of aromatic nitrogens is 2. The molecular formula is C18H19N3O5S. The standard InChI is InChI=1S/C18H19N3O5S/c1-23-13-8-12(9-14(24-2)17(13)25-3)19-15(22)4-5-16-20-21-18(26-16)11-6-7-27-10-11/h6-10H,4-5H2,1-3H3,(H,19,22). The number of benzene rings is 1. The fourth-order valence-electron chi connectivity index (χ4n) is 2.45. The highest BCUT2D eigenvalue weighted by Gasteiger charge is 2.15. The van der Waals surface area contributed by atoms with Crippen LogP contribution >= 0.6 is 11.3 Å². The van der Waals surface area contributed by atoms with Crippen LogP contribution in [0, 0.1) is 0 Å². The topological polar surface area (TPSA) is 95.7 Å². The summed E-state index contributed by atoms with van der Waals surface area (Å²) < 4.78 is 21.4. The molecule has 9 heteroatoms. The molecule has 0 aliphatic rings. The Kier molecular flexibility index (Phi) is 5.92. The van der Waals surface area contributed by atoms with Gasteiger partial charge in [-0.1, -0.05) is 0 Å². The Morgan fingerprint density at radius 2 is 1.89 bits per heavy atom. The molecule has 0 aliphatic heterocycles. The number of amides is 1. The number of aryl methyl sites for hydroxylation is 1. The normalized spacial score (nSPS) is 10.5. The maximum atomic E-state index is 12.3. The van der Waals surface area contributed by atoms with Gasteiger partial charge in [-0.2, -0.15) is 11.3 Å². The first kappa shape index (κ1) is 18.7. The monoisotopic (exact) mass is 389 g/mol. The SMILES string of the molecule is COc1cc(NC(=O)CCc2nnc(-c3ccsc3)o2)cc(OC)c1OC. The number of nitrogens with zero attached hydrogens (tertiary/aromatic N) is 2. The molecule has 1 N–H and O–H groups in total. The fourth-order valence-corrected chi connectivity index (χ4v) is 3.08. The minimum atomic E-state index is -0.195. The molecule has 0 fully saturated rings. The van der Waals surface area contributed by atoms with Gasteiger partial charge in [0.2, 0.25) is 23.4 Å². The molecule has 27 heavy (non-hydrogen) atoms. The minimum Gasteiger partial charge on any atom is -0.493 e. The minimum absolute atomic E-state index is 0.195. The zero-order valence-corrected chi connectivity index (χ0v) is 16.0. The summed E-state index contributed by atoms with van der Waals surface area (Å²) in [5, 5.41) is 14.6. The van der Waals surface area contributed by atoms with E-state index in [1.165, 1.54) is 21.3 Å². The molecule has 0 aliphatic carbocycles. The summed E-state index contributed by atoms with van der Waals surface area (Å²) in [6.07, 6.45) is 0.537. The summed E-state index contributed by atoms with van der Waals surface area (Å²) in [6.45, 7) is 0. The summed E-state index contributed by atoms with van der Waals surface area (Å²) in [4.78, 5) is 12.3. The molecule has 0 atom stereocenters. The lowest BCUT2D eigenvalue weighted by Gasteiger charge is -2.14. The Morgan fingerprint density at radius 3 is 2.48 bits per heavy atom. The number of nitrogens with one attached hydrogen (secondary N) is 1. The fraction of sp³-hybridized carbons (Fsp3) is 0.278. The van der Waals surface area contributed by atoms with Crippen molar-refractivity contribution in [2.24, 2.45) is 0 Å². The number of hydrogen-bond acceptors (Lipinski definition) is 8. The van der Waals surface area contributed by atoms with Crippen LogP contribution in [0.25, 0.3) is 11.5 Å². The molecule has 0 unspecified atom stereocenters. The molecule has 0 spiro atoms. The van der Waals surface area contributed by atoms with Gasteiger partial charge in [0, 0.05) is 41.6 Å². The Balaban J connectivity index is 1.62. The Hall–Kier alpha value is -3.07. The summed E-state index contributed by atoms with van der Waals surface area (Å²) in [7, 11) is 4.56. The quantitative estimate of drug-likeness (QED) is 0.631. The van der Waals surface area contributed by atoms with Gasteiger partial charge < -0.3 is 23.9 Å². The van der Waals surface area contributed by atoms with Crippen LogP contribution in [-0.2, 0) is 11.2 Å². The second-order valence-electron chi connectivity index (χ2n) is 5.48. The van der Waals surface area contributed by atoms with Crippen molar-refractivity contribution in [1.29, 1.82) is 0 Å². The molecular weight excluding hydrogens is 370 g/mol. The largest absolute Gasteiger partial charge is 0.493 e. The number of carbonyl (C=O) groups is 1. The molecule has 2 heterocycles. The van der Waals surface area contributed by atoms with E-state index in [-0.39, 0.29) is 12.3 Å². The molecule has 0 saturated heterocycles. The van der Waals surface area contributed by atoms with Crippen molar-refractivity contribution < 1.29 is 23.4 Å². The zero-order chi connectivity index (χ0) is 19.2. The summed E-state index contributed by atoms with van der Waals surface area (Å²) in [5.74, 6) is 2.06. The Labute approximate surface area is 160 Å². The molecule has 2 aromatic heterocycles. The van der Waals surface area contributed by atoms with Crippen molar-refractivity contribution in [3.05, 3.63) is 34.8 Å². The summed E-state index contributed by atoms with van der Waals surface area (Å²) >= 11 is 1.55. The van der Waals surface area contributed by atoms with Gasteiger partial charge >= 0.3 is 0 Å². The molecule has 0 saturated carbocycles. The van der Waals surface area contributed by atoms with Gasteiger partial charge in [-0.25, -0.2) is 0 Å². The van der Waals surface area contributed by atoms with E-state index in [2.05, 4.69) is 15.5 Å². The highest BCUT2D eigenvalue weighted by Crippen LogP contribution is 2.39. The lowest BCUT2D eigenvalue weighted by molar-refractivity contribution is -0.116. The van der Waals surface area contributed by atoms with E-state index >= 15 is 0 Å². The van der Waals surface area contributed by atoms with Gasteiger partial charge in [-0.3, -0.25) is 4.79 Å². The van der Waals surface area contributed by atoms with Crippen molar-refractivity contribution in [3.8, 4) is 28.7 Å². The third-order valence-electron chi connectivity index (χ3n) is 3.75. The number of rotatable bonds is 8. The van der Waals surface area contributed by atoms with Gasteiger partial charge in [-0.05, 0) is 11.4 Å². The molecule has 0 radical (unpaired) electrons. The molecule has 142 valence electrons. The highest BCUT2D eigenvalue weighted by molar-refractivity contribution is 7.08. The smallest absolute Gasteiger partial charge is 0.248 e. The van der Waals surface area contributed by atoms with Crippen LogP contribution in [-0.4, -0.2) is 37.4 Å². The molecule has 8 nitrogen and oxygen atoms in total. The molecule has 1 amide bonds. The number of thiophene rings is 1.